The van der Waals surface area contributed by atoms with Crippen LogP contribution in [0.4, 0.5) is 26.3 Å². The van der Waals surface area contributed by atoms with Crippen LogP contribution < -0.4 is 0 Å². The monoisotopic (exact) mass is 332 g/mol. The minimum absolute atomic E-state index is 0.0227. The van der Waals surface area contributed by atoms with Crippen LogP contribution in [0.1, 0.15) is 31.7 Å². The zero-order valence-electron chi connectivity index (χ0n) is 12.3. The Kier molecular flexibility index (Phi) is 5.34. The van der Waals surface area contributed by atoms with Gasteiger partial charge in [0.05, 0.1) is 0 Å². The van der Waals surface area contributed by atoms with Crippen LogP contribution in [0.3, 0.4) is 0 Å². The molecule has 0 fully saturated rings. The van der Waals surface area contributed by atoms with Crippen LogP contribution in [-0.4, -0.2) is 0 Å². The summed E-state index contributed by atoms with van der Waals surface area (Å²) in [7, 11) is 0. The van der Waals surface area contributed by atoms with Crippen LogP contribution >= 0.6 is 0 Å². The number of rotatable bonds is 5. The predicted octanol–water partition coefficient (Wildman–Crippen LogP) is 5.92. The molecule has 0 amide bonds. The van der Waals surface area contributed by atoms with Gasteiger partial charge in [-0.05, 0) is 36.6 Å². The number of hydrogen-bond donors (Lipinski definition) is 0. The third kappa shape index (κ3) is 3.51. The Morgan fingerprint density at radius 2 is 1.30 bits per heavy atom. The SMILES string of the molecule is CCCCCc1c(F)cc(-c2cc(F)c(F)c(F)c2)c(F)c1F. The van der Waals surface area contributed by atoms with Gasteiger partial charge in [0.1, 0.15) is 5.82 Å². The Morgan fingerprint density at radius 3 is 1.87 bits per heavy atom. The molecule has 0 saturated carbocycles. The third-order valence-electron chi connectivity index (χ3n) is 3.58. The number of benzene rings is 2. The Bertz CT molecular complexity index is 701. The smallest absolute Gasteiger partial charge is 0.194 e. The standard InChI is InChI=1S/C17H14F6/c1-2-3-4-5-10-12(18)8-11(16(22)15(10)21)9-6-13(19)17(23)14(20)7-9/h6-8H,2-5H2,1H3. The highest BCUT2D eigenvalue weighted by atomic mass is 19.2. The van der Waals surface area contributed by atoms with Crippen LogP contribution in [0.25, 0.3) is 11.1 Å². The topological polar surface area (TPSA) is 0 Å². The van der Waals surface area contributed by atoms with Crippen molar-refractivity contribution < 1.29 is 26.3 Å². The molecule has 0 saturated heterocycles. The lowest BCUT2D eigenvalue weighted by Gasteiger charge is -2.11. The van der Waals surface area contributed by atoms with E-state index >= 15 is 0 Å². The molecule has 0 spiro atoms. The zero-order chi connectivity index (χ0) is 17.1. The largest absolute Gasteiger partial charge is 0.207 e. The molecule has 0 unspecified atom stereocenters. The van der Waals surface area contributed by atoms with E-state index in [1.165, 1.54) is 0 Å². The zero-order valence-corrected chi connectivity index (χ0v) is 12.3. The van der Waals surface area contributed by atoms with Crippen molar-refractivity contribution in [1.29, 1.82) is 0 Å². The first-order valence-electron chi connectivity index (χ1n) is 7.18. The van der Waals surface area contributed by atoms with Crippen molar-refractivity contribution in [2.75, 3.05) is 0 Å². The van der Waals surface area contributed by atoms with Gasteiger partial charge >= 0.3 is 0 Å². The molecule has 0 aliphatic rings. The molecule has 0 nitrogen and oxygen atoms in total. The summed E-state index contributed by atoms with van der Waals surface area (Å²) in [6.07, 6.45) is 2.08. The minimum atomic E-state index is -1.73. The summed E-state index contributed by atoms with van der Waals surface area (Å²) in [5, 5.41) is 0. The van der Waals surface area contributed by atoms with Gasteiger partial charge in [-0.3, -0.25) is 0 Å². The molecule has 0 aromatic heterocycles. The molecule has 0 atom stereocenters. The van der Waals surface area contributed by atoms with E-state index in [1.807, 2.05) is 6.92 Å². The van der Waals surface area contributed by atoms with Gasteiger partial charge in [-0.25, -0.2) is 26.3 Å². The summed E-state index contributed by atoms with van der Waals surface area (Å²) >= 11 is 0. The molecule has 0 N–H and O–H groups in total. The second-order valence-electron chi connectivity index (χ2n) is 5.22. The highest BCUT2D eigenvalue weighted by Gasteiger charge is 2.21. The van der Waals surface area contributed by atoms with Crippen LogP contribution in [0.15, 0.2) is 18.2 Å². The van der Waals surface area contributed by atoms with E-state index in [-0.39, 0.29) is 6.42 Å². The van der Waals surface area contributed by atoms with E-state index in [0.717, 1.165) is 12.8 Å². The Labute approximate surface area is 129 Å². The van der Waals surface area contributed by atoms with E-state index < -0.39 is 51.6 Å². The van der Waals surface area contributed by atoms with Crippen LogP contribution in [-0.2, 0) is 6.42 Å². The maximum absolute atomic E-state index is 14.1. The van der Waals surface area contributed by atoms with Gasteiger partial charge < -0.3 is 0 Å². The summed E-state index contributed by atoms with van der Waals surface area (Å²) in [6, 6.07) is 1.66. The molecule has 2 rings (SSSR count). The maximum Gasteiger partial charge on any atom is 0.194 e. The fraction of sp³-hybridized carbons (Fsp3) is 0.294. The molecule has 23 heavy (non-hydrogen) atoms. The molecule has 2 aromatic carbocycles. The first-order valence-corrected chi connectivity index (χ1v) is 7.18. The maximum atomic E-state index is 14.1. The van der Waals surface area contributed by atoms with Gasteiger partial charge in [0.15, 0.2) is 29.1 Å². The van der Waals surface area contributed by atoms with Crippen LogP contribution in [0.5, 0.6) is 0 Å². The van der Waals surface area contributed by atoms with Crippen molar-refractivity contribution >= 4 is 0 Å². The molecule has 2 aromatic rings. The van der Waals surface area contributed by atoms with E-state index in [9.17, 15) is 26.3 Å². The molecule has 0 aliphatic heterocycles. The highest BCUT2D eigenvalue weighted by molar-refractivity contribution is 5.65. The Hall–Kier alpha value is -1.98. The first kappa shape index (κ1) is 17.4. The summed E-state index contributed by atoms with van der Waals surface area (Å²) in [6.45, 7) is 1.91. The Balaban J connectivity index is 2.49. The molecule has 0 bridgehead atoms. The third-order valence-corrected chi connectivity index (χ3v) is 3.58. The summed E-state index contributed by atoms with van der Waals surface area (Å²) in [5.74, 6) is -8.66. The normalized spacial score (nSPS) is 11.1. The molecule has 0 aliphatic carbocycles. The van der Waals surface area contributed by atoms with Crippen LogP contribution in [0, 0.1) is 34.9 Å². The summed E-state index contributed by atoms with van der Waals surface area (Å²) < 4.78 is 81.5. The molecule has 0 radical (unpaired) electrons. The summed E-state index contributed by atoms with van der Waals surface area (Å²) in [5.41, 5.74) is -1.53. The second kappa shape index (κ2) is 7.06. The van der Waals surface area contributed by atoms with Gasteiger partial charge in [-0.15, -0.1) is 0 Å². The van der Waals surface area contributed by atoms with Crippen molar-refractivity contribution in [2.24, 2.45) is 0 Å². The fourth-order valence-electron chi connectivity index (χ4n) is 2.33. The average Bonchev–Trinajstić information content (AvgIpc) is 2.51. The highest BCUT2D eigenvalue weighted by Crippen LogP contribution is 2.31. The van der Waals surface area contributed by atoms with Gasteiger partial charge in [-0.2, -0.15) is 0 Å². The fourth-order valence-corrected chi connectivity index (χ4v) is 2.33. The van der Waals surface area contributed by atoms with E-state index in [1.54, 1.807) is 0 Å². The average molecular weight is 332 g/mol. The molecular weight excluding hydrogens is 318 g/mol. The lowest BCUT2D eigenvalue weighted by atomic mass is 9.99. The van der Waals surface area contributed by atoms with Crippen molar-refractivity contribution in [3.05, 3.63) is 58.7 Å². The van der Waals surface area contributed by atoms with Crippen LogP contribution in [0.2, 0.25) is 0 Å². The Morgan fingerprint density at radius 1 is 0.696 bits per heavy atom. The molecule has 6 heteroatoms. The minimum Gasteiger partial charge on any atom is -0.207 e. The summed E-state index contributed by atoms with van der Waals surface area (Å²) in [4.78, 5) is 0. The number of unbranched alkanes of at least 4 members (excludes halogenated alkanes) is 2. The first-order chi connectivity index (χ1) is 10.9. The predicted molar refractivity (Wildman–Crippen MR) is 74.9 cm³/mol. The van der Waals surface area contributed by atoms with Crippen molar-refractivity contribution in [3.8, 4) is 11.1 Å². The number of hydrogen-bond acceptors (Lipinski definition) is 0. The van der Waals surface area contributed by atoms with Gasteiger partial charge in [-0.1, -0.05) is 19.8 Å². The van der Waals surface area contributed by atoms with Crippen molar-refractivity contribution in [3.63, 3.8) is 0 Å². The quantitative estimate of drug-likeness (QED) is 0.276. The van der Waals surface area contributed by atoms with E-state index in [0.29, 0.717) is 24.6 Å². The van der Waals surface area contributed by atoms with Gasteiger partial charge in [0.2, 0.25) is 0 Å². The lowest BCUT2D eigenvalue weighted by Crippen LogP contribution is -2.03. The van der Waals surface area contributed by atoms with Crippen molar-refractivity contribution in [2.45, 2.75) is 32.6 Å². The van der Waals surface area contributed by atoms with E-state index in [2.05, 4.69) is 0 Å². The second-order valence-corrected chi connectivity index (χ2v) is 5.22. The van der Waals surface area contributed by atoms with Crippen molar-refractivity contribution in [1.82, 2.24) is 0 Å². The molecule has 124 valence electrons. The molecule has 0 heterocycles. The lowest BCUT2D eigenvalue weighted by molar-refractivity contribution is 0.447. The molecular formula is C17H14F6. The van der Waals surface area contributed by atoms with Gasteiger partial charge in [0.25, 0.3) is 0 Å². The van der Waals surface area contributed by atoms with Gasteiger partial charge in [0, 0.05) is 11.1 Å². The number of halogens is 6. The van der Waals surface area contributed by atoms with E-state index in [4.69, 9.17) is 0 Å².